The molecule has 0 bridgehead atoms. The van der Waals surface area contributed by atoms with Crippen LogP contribution in [0, 0.1) is 0 Å². The molecule has 1 unspecified atom stereocenters. The van der Waals surface area contributed by atoms with Gasteiger partial charge in [-0.05, 0) is 13.3 Å². The van der Waals surface area contributed by atoms with E-state index in [2.05, 4.69) is 5.32 Å². The zero-order valence-corrected chi connectivity index (χ0v) is 9.06. The second-order valence-corrected chi connectivity index (χ2v) is 3.43. The van der Waals surface area contributed by atoms with Gasteiger partial charge in [0, 0.05) is 26.1 Å². The number of nitrogens with one attached hydrogen (secondary N) is 1. The predicted molar refractivity (Wildman–Crippen MR) is 54.6 cm³/mol. The Bertz CT molecular complexity index is 220. The Morgan fingerprint density at radius 2 is 2.07 bits per heavy atom. The monoisotopic (exact) mass is 218 g/mol. The van der Waals surface area contributed by atoms with Crippen molar-refractivity contribution in [1.29, 1.82) is 0 Å². The summed E-state index contributed by atoms with van der Waals surface area (Å²) in [7, 11) is 1.56. The first kappa shape index (κ1) is 13.7. The van der Waals surface area contributed by atoms with Gasteiger partial charge in [0.15, 0.2) is 0 Å². The number of aliphatic hydroxyl groups is 1. The van der Waals surface area contributed by atoms with Crippen molar-refractivity contribution in [2.24, 2.45) is 0 Å². The van der Waals surface area contributed by atoms with Crippen molar-refractivity contribution in [3.8, 4) is 0 Å². The molecule has 0 radical (unpaired) electrons. The number of hydrogen-bond donors (Lipinski definition) is 3. The number of carboxylic acids is 1. The zero-order chi connectivity index (χ0) is 11.8. The van der Waals surface area contributed by atoms with Crippen molar-refractivity contribution in [2.45, 2.75) is 25.8 Å². The van der Waals surface area contributed by atoms with Crippen molar-refractivity contribution in [2.75, 3.05) is 20.2 Å². The lowest BCUT2D eigenvalue weighted by atomic mass is 10.2. The van der Waals surface area contributed by atoms with Gasteiger partial charge in [0.2, 0.25) is 0 Å². The molecule has 2 amide bonds. The predicted octanol–water partition coefficient (Wildman–Crippen LogP) is -0.127. The van der Waals surface area contributed by atoms with Crippen LogP contribution in [0.4, 0.5) is 4.79 Å². The molecule has 0 spiro atoms. The Balaban J connectivity index is 3.79. The number of rotatable bonds is 6. The maximum absolute atomic E-state index is 11.3. The molecule has 15 heavy (non-hydrogen) atoms. The standard InChI is InChI=1S/C9H18N2O4/c1-7(3-4-8(13)14)10-9(15)11(2)5-6-12/h7,12H,3-6H2,1-2H3,(H,10,15)(H,13,14). The Hall–Kier alpha value is -1.30. The highest BCUT2D eigenvalue weighted by molar-refractivity contribution is 5.74. The lowest BCUT2D eigenvalue weighted by Gasteiger charge is -2.20. The van der Waals surface area contributed by atoms with Crippen LogP contribution in [0.1, 0.15) is 19.8 Å². The second-order valence-electron chi connectivity index (χ2n) is 3.43. The van der Waals surface area contributed by atoms with Crippen molar-refractivity contribution in [3.05, 3.63) is 0 Å². The molecule has 0 saturated carbocycles. The summed E-state index contributed by atoms with van der Waals surface area (Å²) in [5, 5.41) is 19.7. The van der Waals surface area contributed by atoms with Crippen LogP contribution in [0.5, 0.6) is 0 Å². The molecule has 0 heterocycles. The molecule has 0 saturated heterocycles. The van der Waals surface area contributed by atoms with E-state index in [4.69, 9.17) is 10.2 Å². The summed E-state index contributed by atoms with van der Waals surface area (Å²) in [6, 6.07) is -0.489. The van der Waals surface area contributed by atoms with Gasteiger partial charge < -0.3 is 20.4 Å². The Morgan fingerprint density at radius 3 is 2.53 bits per heavy atom. The van der Waals surface area contributed by atoms with E-state index in [0.29, 0.717) is 6.42 Å². The average molecular weight is 218 g/mol. The number of carbonyl (C=O) groups excluding carboxylic acids is 1. The molecule has 0 aromatic carbocycles. The number of amides is 2. The second kappa shape index (κ2) is 7.05. The van der Waals surface area contributed by atoms with Crippen LogP contribution in [0.15, 0.2) is 0 Å². The van der Waals surface area contributed by atoms with Gasteiger partial charge in [0.25, 0.3) is 0 Å². The molecule has 6 nitrogen and oxygen atoms in total. The minimum atomic E-state index is -0.875. The molecule has 3 N–H and O–H groups in total. The van der Waals surface area contributed by atoms with E-state index >= 15 is 0 Å². The van der Waals surface area contributed by atoms with E-state index in [-0.39, 0.29) is 31.6 Å². The smallest absolute Gasteiger partial charge is 0.317 e. The maximum Gasteiger partial charge on any atom is 0.317 e. The van der Waals surface area contributed by atoms with Crippen LogP contribution >= 0.6 is 0 Å². The number of nitrogens with zero attached hydrogens (tertiary/aromatic N) is 1. The molecule has 88 valence electrons. The van der Waals surface area contributed by atoms with Gasteiger partial charge in [-0.15, -0.1) is 0 Å². The highest BCUT2D eigenvalue weighted by atomic mass is 16.4. The Kier molecular flexibility index (Phi) is 6.44. The fraction of sp³-hybridized carbons (Fsp3) is 0.778. The topological polar surface area (TPSA) is 89.9 Å². The first-order valence-corrected chi connectivity index (χ1v) is 4.81. The van der Waals surface area contributed by atoms with Crippen molar-refractivity contribution >= 4 is 12.0 Å². The fourth-order valence-electron chi connectivity index (χ4n) is 0.985. The van der Waals surface area contributed by atoms with Gasteiger partial charge in [-0.1, -0.05) is 0 Å². The SMILES string of the molecule is CC(CCC(=O)O)NC(=O)N(C)CCO. The lowest BCUT2D eigenvalue weighted by molar-refractivity contribution is -0.137. The van der Waals surface area contributed by atoms with Crippen LogP contribution in [-0.4, -0.2) is 53.4 Å². The van der Waals surface area contributed by atoms with Crippen LogP contribution in [-0.2, 0) is 4.79 Å². The van der Waals surface area contributed by atoms with Crippen LogP contribution in [0.2, 0.25) is 0 Å². The minimum absolute atomic E-state index is 0.0329. The molecule has 0 aliphatic rings. The molecular formula is C9H18N2O4. The largest absolute Gasteiger partial charge is 0.481 e. The first-order valence-electron chi connectivity index (χ1n) is 4.81. The lowest BCUT2D eigenvalue weighted by Crippen LogP contribution is -2.43. The maximum atomic E-state index is 11.3. The molecule has 0 fully saturated rings. The van der Waals surface area contributed by atoms with Crippen molar-refractivity contribution in [3.63, 3.8) is 0 Å². The summed E-state index contributed by atoms with van der Waals surface area (Å²) in [5.41, 5.74) is 0. The third-order valence-corrected chi connectivity index (χ3v) is 1.94. The summed E-state index contributed by atoms with van der Waals surface area (Å²) >= 11 is 0. The number of likely N-dealkylation sites (N-methyl/N-ethyl adjacent to an activating group) is 1. The summed E-state index contributed by atoms with van der Waals surface area (Å²) in [6.45, 7) is 1.92. The van der Waals surface area contributed by atoms with Crippen LogP contribution in [0.25, 0.3) is 0 Å². The van der Waals surface area contributed by atoms with Gasteiger partial charge in [-0.25, -0.2) is 4.79 Å². The van der Waals surface area contributed by atoms with Gasteiger partial charge in [-0.3, -0.25) is 4.79 Å². The van der Waals surface area contributed by atoms with E-state index in [1.165, 1.54) is 4.90 Å². The minimum Gasteiger partial charge on any atom is -0.481 e. The number of aliphatic hydroxyl groups excluding tert-OH is 1. The molecule has 0 aromatic heterocycles. The molecule has 6 heteroatoms. The highest BCUT2D eigenvalue weighted by Crippen LogP contribution is 1.97. The fourth-order valence-corrected chi connectivity index (χ4v) is 0.985. The van der Waals surface area contributed by atoms with E-state index < -0.39 is 5.97 Å². The number of aliphatic carboxylic acids is 1. The average Bonchev–Trinajstić information content (AvgIpc) is 2.15. The van der Waals surface area contributed by atoms with E-state index in [1.54, 1.807) is 14.0 Å². The number of urea groups is 1. The van der Waals surface area contributed by atoms with E-state index in [0.717, 1.165) is 0 Å². The molecule has 0 aliphatic carbocycles. The molecule has 0 aliphatic heterocycles. The molecule has 0 aromatic rings. The molecule has 1 atom stereocenters. The van der Waals surface area contributed by atoms with Gasteiger partial charge >= 0.3 is 12.0 Å². The van der Waals surface area contributed by atoms with Gasteiger partial charge in [0.05, 0.1) is 6.61 Å². The van der Waals surface area contributed by atoms with Crippen LogP contribution < -0.4 is 5.32 Å². The first-order chi connectivity index (χ1) is 6.97. The van der Waals surface area contributed by atoms with Crippen molar-refractivity contribution in [1.82, 2.24) is 10.2 Å². The third-order valence-electron chi connectivity index (χ3n) is 1.94. The zero-order valence-electron chi connectivity index (χ0n) is 9.06. The highest BCUT2D eigenvalue weighted by Gasteiger charge is 2.11. The Labute approximate surface area is 88.9 Å². The van der Waals surface area contributed by atoms with E-state index in [1.807, 2.05) is 0 Å². The van der Waals surface area contributed by atoms with Crippen LogP contribution in [0.3, 0.4) is 0 Å². The third kappa shape index (κ3) is 6.73. The molecular weight excluding hydrogens is 200 g/mol. The number of carbonyl (C=O) groups is 2. The summed E-state index contributed by atoms with van der Waals surface area (Å²) < 4.78 is 0. The number of hydrogen-bond acceptors (Lipinski definition) is 3. The quantitative estimate of drug-likeness (QED) is 0.579. The van der Waals surface area contributed by atoms with E-state index in [9.17, 15) is 9.59 Å². The normalized spacial score (nSPS) is 11.9. The van der Waals surface area contributed by atoms with Gasteiger partial charge in [0.1, 0.15) is 0 Å². The number of carboxylic acid groups (broad SMARTS) is 1. The Morgan fingerprint density at radius 1 is 1.47 bits per heavy atom. The summed E-state index contributed by atoms with van der Waals surface area (Å²) in [6.07, 6.45) is 0.430. The molecule has 0 rings (SSSR count). The summed E-state index contributed by atoms with van der Waals surface area (Å²) in [4.78, 5) is 23.0. The van der Waals surface area contributed by atoms with Crippen molar-refractivity contribution < 1.29 is 19.8 Å². The summed E-state index contributed by atoms with van der Waals surface area (Å²) in [5.74, 6) is -0.875. The van der Waals surface area contributed by atoms with Gasteiger partial charge in [-0.2, -0.15) is 0 Å².